The number of rotatable bonds is 20. The van der Waals surface area contributed by atoms with Gasteiger partial charge in [0.05, 0.1) is 0 Å². The van der Waals surface area contributed by atoms with Gasteiger partial charge in [-0.25, -0.2) is 0 Å². The second-order valence-corrected chi connectivity index (χ2v) is 9.63. The minimum Gasteiger partial charge on any atom is -0.127 e. The fraction of sp³-hybridized carbons (Fsp3) is 0.920. The van der Waals surface area contributed by atoms with E-state index in [2.05, 4.69) is 36.6 Å². The highest BCUT2D eigenvalue weighted by molar-refractivity contribution is 7.19. The lowest BCUT2D eigenvalue weighted by molar-refractivity contribution is 0.525. The van der Waals surface area contributed by atoms with Crippen molar-refractivity contribution >= 4 is 9.24 Å². The molecule has 0 fully saturated rings. The molecule has 0 aromatic heterocycles. The van der Waals surface area contributed by atoms with Crippen LogP contribution in [0.15, 0.2) is 12.2 Å². The van der Waals surface area contributed by atoms with Crippen LogP contribution in [-0.4, -0.2) is 5.16 Å². The summed E-state index contributed by atoms with van der Waals surface area (Å²) in [5.74, 6) is 0. The van der Waals surface area contributed by atoms with Gasteiger partial charge in [0.15, 0.2) is 0 Å². The third-order valence-electron chi connectivity index (χ3n) is 6.30. The lowest BCUT2D eigenvalue weighted by Crippen LogP contribution is -2.20. The summed E-state index contributed by atoms with van der Waals surface area (Å²) in [5.41, 5.74) is 1.46. The molecule has 0 saturated carbocycles. The van der Waals surface area contributed by atoms with Gasteiger partial charge >= 0.3 is 0 Å². The van der Waals surface area contributed by atoms with E-state index in [4.69, 9.17) is 0 Å². The van der Waals surface area contributed by atoms with Crippen LogP contribution in [0, 0.1) is 0 Å². The summed E-state index contributed by atoms with van der Waals surface area (Å²) in [4.78, 5) is 0. The predicted octanol–water partition coefficient (Wildman–Crippen LogP) is 9.63. The topological polar surface area (TPSA) is 0 Å². The Morgan fingerprint density at radius 2 is 0.885 bits per heavy atom. The lowest BCUT2D eigenvalue weighted by atomic mass is 9.89. The van der Waals surface area contributed by atoms with E-state index in [0.717, 1.165) is 0 Å². The fourth-order valence-electron chi connectivity index (χ4n) is 3.89. The van der Waals surface area contributed by atoms with Crippen molar-refractivity contribution in [3.05, 3.63) is 12.2 Å². The first-order chi connectivity index (χ1) is 12.6. The van der Waals surface area contributed by atoms with Crippen LogP contribution in [0.2, 0.25) is 0 Å². The average Bonchev–Trinajstić information content (AvgIpc) is 2.66. The smallest absolute Gasteiger partial charge is 0.00487 e. The van der Waals surface area contributed by atoms with E-state index in [-0.39, 0.29) is 0 Å². The van der Waals surface area contributed by atoms with Crippen molar-refractivity contribution in [2.24, 2.45) is 0 Å². The zero-order valence-electron chi connectivity index (χ0n) is 18.7. The van der Waals surface area contributed by atoms with Crippen LogP contribution < -0.4 is 0 Å². The molecule has 1 heteroatoms. The van der Waals surface area contributed by atoms with Gasteiger partial charge in [-0.05, 0) is 25.7 Å². The molecular weight excluding hydrogens is 331 g/mol. The molecule has 0 N–H and O–H groups in total. The Kier molecular flexibility index (Phi) is 18.7. The van der Waals surface area contributed by atoms with Crippen LogP contribution in [0.3, 0.4) is 0 Å². The Morgan fingerprint density at radius 1 is 0.577 bits per heavy atom. The molecule has 1 unspecified atom stereocenters. The first-order valence-electron chi connectivity index (χ1n) is 12.1. The highest BCUT2D eigenvalue weighted by Gasteiger charge is 2.22. The van der Waals surface area contributed by atoms with E-state index >= 15 is 0 Å². The van der Waals surface area contributed by atoms with E-state index < -0.39 is 0 Å². The van der Waals surface area contributed by atoms with Gasteiger partial charge in [-0.3, -0.25) is 0 Å². The number of allylic oxidation sites excluding steroid dienone is 1. The maximum Gasteiger partial charge on any atom is 0.00487 e. The van der Waals surface area contributed by atoms with Crippen LogP contribution in [0.4, 0.5) is 0 Å². The lowest BCUT2D eigenvalue weighted by Gasteiger charge is -2.29. The summed E-state index contributed by atoms with van der Waals surface area (Å²) in [5, 5.41) is 0.301. The normalized spacial score (nSPS) is 11.8. The summed E-state index contributed by atoms with van der Waals surface area (Å²) < 4.78 is 0. The Bertz CT molecular complexity index is 303. The van der Waals surface area contributed by atoms with E-state index in [9.17, 15) is 0 Å². The van der Waals surface area contributed by atoms with Gasteiger partial charge in [0.25, 0.3) is 0 Å². The second kappa shape index (κ2) is 18.5. The van der Waals surface area contributed by atoms with Crippen molar-refractivity contribution in [1.82, 2.24) is 0 Å². The second-order valence-electron chi connectivity index (χ2n) is 8.52. The minimum absolute atomic E-state index is 0.301. The zero-order chi connectivity index (χ0) is 19.5. The van der Waals surface area contributed by atoms with Crippen molar-refractivity contribution in [3.63, 3.8) is 0 Å². The first kappa shape index (κ1) is 26.2. The van der Waals surface area contributed by atoms with Gasteiger partial charge in [-0.2, -0.15) is 0 Å². The van der Waals surface area contributed by atoms with Gasteiger partial charge in [0, 0.05) is 5.16 Å². The molecule has 0 spiro atoms. The van der Waals surface area contributed by atoms with Gasteiger partial charge in [-0.1, -0.05) is 129 Å². The third-order valence-corrected chi connectivity index (χ3v) is 7.52. The van der Waals surface area contributed by atoms with Gasteiger partial charge in [0.1, 0.15) is 0 Å². The molecule has 156 valence electrons. The van der Waals surface area contributed by atoms with Crippen LogP contribution in [-0.2, 0) is 0 Å². The molecule has 0 heterocycles. The van der Waals surface area contributed by atoms with Crippen LogP contribution in [0.1, 0.15) is 143 Å². The summed E-state index contributed by atoms with van der Waals surface area (Å²) in [6.07, 6.45) is 26.7. The minimum atomic E-state index is 0.301. The van der Waals surface area contributed by atoms with Crippen molar-refractivity contribution < 1.29 is 0 Å². The molecule has 0 bridgehead atoms. The maximum atomic E-state index is 4.35. The highest BCUT2D eigenvalue weighted by atomic mass is 31.0. The number of hydrogen-bond donors (Lipinski definition) is 0. The summed E-state index contributed by atoms with van der Waals surface area (Å²) >= 11 is 0. The van der Waals surface area contributed by atoms with Gasteiger partial charge in [-0.15, -0.1) is 9.24 Å². The van der Waals surface area contributed by atoms with Crippen LogP contribution in [0.5, 0.6) is 0 Å². The van der Waals surface area contributed by atoms with E-state index in [0.29, 0.717) is 5.16 Å². The molecular formula is C25H51P. The molecule has 0 aromatic rings. The Morgan fingerprint density at radius 3 is 1.19 bits per heavy atom. The summed E-state index contributed by atoms with van der Waals surface area (Å²) in [6, 6.07) is 0. The molecule has 0 aliphatic heterocycles. The van der Waals surface area contributed by atoms with Crippen LogP contribution in [0.25, 0.3) is 0 Å². The van der Waals surface area contributed by atoms with Crippen molar-refractivity contribution in [2.45, 2.75) is 148 Å². The number of hydrogen-bond acceptors (Lipinski definition) is 0. The summed E-state index contributed by atoms with van der Waals surface area (Å²) in [6.45, 7) is 11.2. The predicted molar refractivity (Wildman–Crippen MR) is 126 cm³/mol. The Labute approximate surface area is 169 Å². The molecule has 0 aliphatic carbocycles. The standard InChI is InChI=1S/C25H51P/c1-5-8-9-10-11-12-13-14-15-16-17-18-19-20-21-22-23-24(4)25(26,6-2)7-3/h4-23,26H2,1-3H3. The van der Waals surface area contributed by atoms with E-state index in [1.807, 2.05) is 0 Å². The molecule has 0 saturated heterocycles. The van der Waals surface area contributed by atoms with Gasteiger partial charge in [0.2, 0.25) is 0 Å². The molecule has 1 atom stereocenters. The Hall–Kier alpha value is 0.170. The van der Waals surface area contributed by atoms with E-state index in [1.165, 1.54) is 128 Å². The monoisotopic (exact) mass is 382 g/mol. The molecule has 0 aromatic carbocycles. The third kappa shape index (κ3) is 14.3. The van der Waals surface area contributed by atoms with Crippen LogP contribution >= 0.6 is 9.24 Å². The van der Waals surface area contributed by atoms with E-state index in [1.54, 1.807) is 0 Å². The highest BCUT2D eigenvalue weighted by Crippen LogP contribution is 2.36. The largest absolute Gasteiger partial charge is 0.127 e. The number of unbranched alkanes of at least 4 members (excludes halogenated alkanes) is 15. The molecule has 0 nitrogen and oxygen atoms in total. The quantitative estimate of drug-likeness (QED) is 0.112. The molecule has 0 aliphatic rings. The maximum absolute atomic E-state index is 4.35. The summed E-state index contributed by atoms with van der Waals surface area (Å²) in [7, 11) is 3.06. The first-order valence-corrected chi connectivity index (χ1v) is 12.7. The van der Waals surface area contributed by atoms with Crippen molar-refractivity contribution in [1.29, 1.82) is 0 Å². The SMILES string of the molecule is C=C(CCCCCCCCCCCCCCCCCC)C(P)(CC)CC. The molecule has 0 rings (SSSR count). The van der Waals surface area contributed by atoms with Gasteiger partial charge < -0.3 is 0 Å². The molecule has 0 radical (unpaired) electrons. The molecule has 26 heavy (non-hydrogen) atoms. The zero-order valence-corrected chi connectivity index (χ0v) is 19.9. The van der Waals surface area contributed by atoms with Crippen molar-refractivity contribution in [2.75, 3.05) is 0 Å². The molecule has 0 amide bonds. The van der Waals surface area contributed by atoms with Crippen molar-refractivity contribution in [3.8, 4) is 0 Å². The fourth-order valence-corrected chi connectivity index (χ4v) is 4.03. The average molecular weight is 383 g/mol. The Balaban J connectivity index is 3.26.